The van der Waals surface area contributed by atoms with Crippen molar-refractivity contribution in [2.24, 2.45) is 0 Å². The fourth-order valence-electron chi connectivity index (χ4n) is 1.82. The highest BCUT2D eigenvalue weighted by molar-refractivity contribution is 7.10. The van der Waals surface area contributed by atoms with E-state index in [0.717, 1.165) is 5.56 Å². The van der Waals surface area contributed by atoms with E-state index >= 15 is 0 Å². The van der Waals surface area contributed by atoms with Gasteiger partial charge in [0.15, 0.2) is 6.04 Å². The van der Waals surface area contributed by atoms with E-state index in [9.17, 15) is 14.7 Å². The van der Waals surface area contributed by atoms with Crippen LogP contribution in [0.5, 0.6) is 0 Å². The number of carbonyl (C=O) groups excluding carboxylic acids is 1. The summed E-state index contributed by atoms with van der Waals surface area (Å²) in [7, 11) is 1.60. The Bertz CT molecular complexity index is 623. The lowest BCUT2D eigenvalue weighted by Gasteiger charge is -2.21. The van der Waals surface area contributed by atoms with Crippen molar-refractivity contribution in [2.75, 3.05) is 11.9 Å². The average molecular weight is 304 g/mol. The largest absolute Gasteiger partial charge is 0.479 e. The molecule has 1 unspecified atom stereocenters. The third-order valence-corrected chi connectivity index (χ3v) is 4.01. The van der Waals surface area contributed by atoms with Gasteiger partial charge in [0.05, 0.1) is 0 Å². The van der Waals surface area contributed by atoms with Crippen molar-refractivity contribution in [3.05, 3.63) is 52.2 Å². The molecule has 0 aliphatic rings. The van der Waals surface area contributed by atoms with Crippen molar-refractivity contribution in [1.82, 2.24) is 5.32 Å². The molecule has 0 saturated carbocycles. The molecular weight excluding hydrogens is 288 g/mol. The molecule has 6 heteroatoms. The van der Waals surface area contributed by atoms with E-state index in [2.05, 4.69) is 5.32 Å². The highest BCUT2D eigenvalue weighted by atomic mass is 32.1. The second-order valence-corrected chi connectivity index (χ2v) is 5.61. The second-order valence-electron chi connectivity index (χ2n) is 4.63. The lowest BCUT2D eigenvalue weighted by atomic mass is 10.2. The highest BCUT2D eigenvalue weighted by Gasteiger charge is 2.24. The van der Waals surface area contributed by atoms with Crippen molar-refractivity contribution in [2.45, 2.75) is 13.0 Å². The van der Waals surface area contributed by atoms with E-state index in [1.807, 2.05) is 31.2 Å². The van der Waals surface area contributed by atoms with E-state index in [1.54, 1.807) is 24.6 Å². The first-order valence-electron chi connectivity index (χ1n) is 6.36. The molecule has 1 atom stereocenters. The molecule has 2 N–H and O–H groups in total. The van der Waals surface area contributed by atoms with Crippen LogP contribution in [0.15, 0.2) is 41.8 Å². The number of hydrogen-bond acceptors (Lipinski definition) is 3. The van der Waals surface area contributed by atoms with Gasteiger partial charge in [-0.1, -0.05) is 23.8 Å². The molecule has 0 radical (unpaired) electrons. The van der Waals surface area contributed by atoms with Crippen LogP contribution >= 0.6 is 11.3 Å². The number of aryl methyl sites for hydroxylation is 1. The summed E-state index contributed by atoms with van der Waals surface area (Å²) in [5.74, 6) is -1.08. The third kappa shape index (κ3) is 3.61. The Morgan fingerprint density at radius 3 is 2.43 bits per heavy atom. The molecule has 5 nitrogen and oxygen atoms in total. The van der Waals surface area contributed by atoms with E-state index < -0.39 is 18.0 Å². The van der Waals surface area contributed by atoms with Crippen LogP contribution in [0, 0.1) is 6.92 Å². The Hall–Kier alpha value is -2.34. The first-order chi connectivity index (χ1) is 9.99. The molecule has 2 rings (SSSR count). The van der Waals surface area contributed by atoms with Gasteiger partial charge >= 0.3 is 12.0 Å². The number of rotatable bonds is 4. The number of carboxylic acids is 1. The number of nitrogens with zero attached hydrogens (tertiary/aromatic N) is 1. The summed E-state index contributed by atoms with van der Waals surface area (Å²) >= 11 is 1.30. The van der Waals surface area contributed by atoms with Gasteiger partial charge in [0.2, 0.25) is 0 Å². The number of carbonyl (C=O) groups is 2. The van der Waals surface area contributed by atoms with Crippen LogP contribution in [-0.4, -0.2) is 24.2 Å². The van der Waals surface area contributed by atoms with E-state index in [4.69, 9.17) is 0 Å². The maximum Gasteiger partial charge on any atom is 0.331 e. The zero-order valence-electron chi connectivity index (χ0n) is 11.7. The molecule has 0 fully saturated rings. The third-order valence-electron chi connectivity index (χ3n) is 3.07. The minimum atomic E-state index is -1.08. The number of aliphatic carboxylic acids is 1. The van der Waals surface area contributed by atoms with Crippen molar-refractivity contribution >= 4 is 29.0 Å². The predicted octanol–water partition coefficient (Wildman–Crippen LogP) is 3.03. The SMILES string of the molecule is Cc1ccc(N(C)C(=O)NC(C(=O)O)c2cccs2)cc1. The molecule has 0 aliphatic carbocycles. The van der Waals surface area contributed by atoms with Crippen LogP contribution in [0.3, 0.4) is 0 Å². The molecule has 1 aromatic heterocycles. The van der Waals surface area contributed by atoms with Gasteiger partial charge in [-0.3, -0.25) is 4.90 Å². The normalized spacial score (nSPS) is 11.7. The van der Waals surface area contributed by atoms with Crippen LogP contribution < -0.4 is 10.2 Å². The highest BCUT2D eigenvalue weighted by Crippen LogP contribution is 2.20. The van der Waals surface area contributed by atoms with E-state index in [0.29, 0.717) is 10.6 Å². The number of anilines is 1. The van der Waals surface area contributed by atoms with Crippen molar-refractivity contribution in [1.29, 1.82) is 0 Å². The van der Waals surface area contributed by atoms with Gasteiger partial charge in [-0.05, 0) is 30.5 Å². The van der Waals surface area contributed by atoms with Gasteiger partial charge in [0, 0.05) is 17.6 Å². The van der Waals surface area contributed by atoms with Crippen LogP contribution in [0.25, 0.3) is 0 Å². The Balaban J connectivity index is 2.12. The van der Waals surface area contributed by atoms with Crippen molar-refractivity contribution in [3.8, 4) is 0 Å². The first-order valence-corrected chi connectivity index (χ1v) is 7.24. The predicted molar refractivity (Wildman–Crippen MR) is 82.8 cm³/mol. The minimum absolute atomic E-state index is 0.459. The number of benzene rings is 1. The molecule has 0 spiro atoms. The van der Waals surface area contributed by atoms with Gasteiger partial charge in [0.25, 0.3) is 0 Å². The molecule has 21 heavy (non-hydrogen) atoms. The van der Waals surface area contributed by atoms with Gasteiger partial charge in [-0.15, -0.1) is 11.3 Å². The standard InChI is InChI=1S/C15H16N2O3S/c1-10-5-7-11(8-6-10)17(2)15(20)16-13(14(18)19)12-4-3-9-21-12/h3-9,13H,1-2H3,(H,16,20)(H,18,19). The minimum Gasteiger partial charge on any atom is -0.479 e. The van der Waals surface area contributed by atoms with Gasteiger partial charge in [-0.2, -0.15) is 0 Å². The van der Waals surface area contributed by atoms with Crippen LogP contribution in [0.2, 0.25) is 0 Å². The maximum absolute atomic E-state index is 12.2. The molecule has 2 aromatic rings. The summed E-state index contributed by atoms with van der Waals surface area (Å²) in [6.45, 7) is 1.96. The van der Waals surface area contributed by atoms with Gasteiger partial charge in [0.1, 0.15) is 0 Å². The quantitative estimate of drug-likeness (QED) is 0.912. The van der Waals surface area contributed by atoms with Crippen LogP contribution in [0.1, 0.15) is 16.5 Å². The summed E-state index contributed by atoms with van der Waals surface area (Å²) in [4.78, 5) is 25.5. The lowest BCUT2D eigenvalue weighted by Crippen LogP contribution is -2.41. The first kappa shape index (κ1) is 15.1. The second kappa shape index (κ2) is 6.41. The van der Waals surface area contributed by atoms with Crippen molar-refractivity contribution < 1.29 is 14.7 Å². The van der Waals surface area contributed by atoms with Crippen LogP contribution in [-0.2, 0) is 4.79 Å². The zero-order chi connectivity index (χ0) is 15.4. The number of amides is 2. The molecular formula is C15H16N2O3S. The molecule has 1 aromatic carbocycles. The number of carboxylic acid groups (broad SMARTS) is 1. The molecule has 110 valence electrons. The smallest absolute Gasteiger partial charge is 0.331 e. The molecule has 0 bridgehead atoms. The summed E-state index contributed by atoms with van der Waals surface area (Å²) in [5.41, 5.74) is 1.79. The van der Waals surface area contributed by atoms with E-state index in [-0.39, 0.29) is 0 Å². The number of urea groups is 1. The summed E-state index contributed by atoms with van der Waals surface area (Å²) in [6.07, 6.45) is 0. The van der Waals surface area contributed by atoms with Crippen molar-refractivity contribution in [3.63, 3.8) is 0 Å². The molecule has 2 amide bonds. The number of thiophene rings is 1. The lowest BCUT2D eigenvalue weighted by molar-refractivity contribution is -0.139. The van der Waals surface area contributed by atoms with Gasteiger partial charge < -0.3 is 10.4 Å². The molecule has 0 aliphatic heterocycles. The maximum atomic E-state index is 12.2. The fourth-order valence-corrected chi connectivity index (χ4v) is 2.58. The Morgan fingerprint density at radius 2 is 1.90 bits per heavy atom. The number of hydrogen-bond donors (Lipinski definition) is 2. The van der Waals surface area contributed by atoms with E-state index in [1.165, 1.54) is 16.2 Å². The van der Waals surface area contributed by atoms with Crippen LogP contribution in [0.4, 0.5) is 10.5 Å². The monoisotopic (exact) mass is 304 g/mol. The Labute approximate surface area is 126 Å². The average Bonchev–Trinajstić information content (AvgIpc) is 2.98. The van der Waals surface area contributed by atoms with Gasteiger partial charge in [-0.25, -0.2) is 9.59 Å². The summed E-state index contributed by atoms with van der Waals surface area (Å²) in [5, 5.41) is 13.6. The summed E-state index contributed by atoms with van der Waals surface area (Å²) in [6, 6.07) is 9.37. The fraction of sp³-hybridized carbons (Fsp3) is 0.200. The topological polar surface area (TPSA) is 69.6 Å². The summed E-state index contributed by atoms with van der Waals surface area (Å²) < 4.78 is 0. The zero-order valence-corrected chi connectivity index (χ0v) is 12.6. The Morgan fingerprint density at radius 1 is 1.24 bits per heavy atom. The Kier molecular flexibility index (Phi) is 4.59. The molecule has 1 heterocycles. The molecule has 0 saturated heterocycles. The number of nitrogens with one attached hydrogen (secondary N) is 1.